The lowest BCUT2D eigenvalue weighted by Crippen LogP contribution is -2.48. The van der Waals surface area contributed by atoms with Gasteiger partial charge >= 0.3 is 6.09 Å². The molecule has 0 saturated carbocycles. The van der Waals surface area contributed by atoms with Crippen LogP contribution in [0, 0.1) is 0 Å². The van der Waals surface area contributed by atoms with E-state index < -0.39 is 20.0 Å². The molecule has 7 nitrogen and oxygen atoms in total. The predicted octanol–water partition coefficient (Wildman–Crippen LogP) is 6.24. The highest BCUT2D eigenvalue weighted by molar-refractivity contribution is 6.74. The van der Waals surface area contributed by atoms with Crippen LogP contribution in [0.5, 0.6) is 0 Å². The summed E-state index contributed by atoms with van der Waals surface area (Å²) in [5.41, 5.74) is 2.09. The number of ether oxygens (including phenoxy) is 1. The van der Waals surface area contributed by atoms with Crippen LogP contribution in [0.3, 0.4) is 0 Å². The largest absolute Gasteiger partial charge is 0.444 e. The minimum absolute atomic E-state index is 0.0140. The molecule has 1 unspecified atom stereocenters. The SMILES string of the molecule is CC(C)(C)OC(=O)NCC(Cn1c(CCl)nc2cnc3ccccc3c21)O[Si](C)(C)C(C)(C)C. The summed E-state index contributed by atoms with van der Waals surface area (Å²) in [6.07, 6.45) is 1.03. The summed E-state index contributed by atoms with van der Waals surface area (Å²) in [6, 6.07) is 8.00. The topological polar surface area (TPSA) is 78.3 Å². The number of fused-ring (bicyclic) bond motifs is 3. The molecule has 1 atom stereocenters. The van der Waals surface area contributed by atoms with E-state index in [0.717, 1.165) is 27.8 Å². The van der Waals surface area contributed by atoms with Gasteiger partial charge < -0.3 is 19.0 Å². The van der Waals surface area contributed by atoms with Crippen LogP contribution < -0.4 is 5.32 Å². The van der Waals surface area contributed by atoms with Gasteiger partial charge in [0.25, 0.3) is 0 Å². The van der Waals surface area contributed by atoms with E-state index in [2.05, 4.69) is 48.7 Å². The summed E-state index contributed by atoms with van der Waals surface area (Å²) in [4.78, 5) is 21.7. The Labute approximate surface area is 208 Å². The fourth-order valence-electron chi connectivity index (χ4n) is 3.56. The van der Waals surface area contributed by atoms with Gasteiger partial charge in [-0.1, -0.05) is 39.0 Å². The highest BCUT2D eigenvalue weighted by Crippen LogP contribution is 2.37. The van der Waals surface area contributed by atoms with Gasteiger partial charge in [0.05, 0.1) is 35.8 Å². The van der Waals surface area contributed by atoms with Crippen molar-refractivity contribution < 1.29 is 14.0 Å². The molecule has 9 heteroatoms. The fraction of sp³-hybridized carbons (Fsp3) is 0.560. The molecule has 1 aromatic carbocycles. The van der Waals surface area contributed by atoms with Crippen LogP contribution in [0.15, 0.2) is 30.5 Å². The van der Waals surface area contributed by atoms with E-state index in [-0.39, 0.29) is 17.0 Å². The Morgan fingerprint density at radius 2 is 1.82 bits per heavy atom. The van der Waals surface area contributed by atoms with Crippen molar-refractivity contribution in [1.29, 1.82) is 0 Å². The molecular formula is C25H37ClN4O3Si. The number of hydrogen-bond donors (Lipinski definition) is 1. The Balaban J connectivity index is 1.99. The minimum atomic E-state index is -2.14. The molecule has 2 aromatic heterocycles. The average Bonchev–Trinajstić information content (AvgIpc) is 3.07. The molecule has 186 valence electrons. The Hall–Kier alpha value is -2.16. The zero-order valence-electron chi connectivity index (χ0n) is 21.5. The van der Waals surface area contributed by atoms with E-state index in [1.807, 2.05) is 45.0 Å². The first-order valence-corrected chi connectivity index (χ1v) is 15.1. The number of alkyl carbamates (subject to hydrolysis) is 1. The van der Waals surface area contributed by atoms with E-state index in [0.29, 0.717) is 13.1 Å². The highest BCUT2D eigenvalue weighted by Gasteiger charge is 2.39. The molecule has 0 aliphatic heterocycles. The zero-order valence-corrected chi connectivity index (χ0v) is 23.3. The third-order valence-corrected chi connectivity index (χ3v) is 11.0. The van der Waals surface area contributed by atoms with Crippen LogP contribution >= 0.6 is 11.6 Å². The number of pyridine rings is 1. The Kier molecular flexibility index (Phi) is 7.65. The molecule has 0 aliphatic carbocycles. The van der Waals surface area contributed by atoms with Crippen LogP contribution in [0.2, 0.25) is 18.1 Å². The third-order valence-electron chi connectivity index (χ3n) is 6.20. The third kappa shape index (κ3) is 6.09. The number of carbonyl (C=O) groups excluding carboxylic acids is 1. The molecule has 34 heavy (non-hydrogen) atoms. The lowest BCUT2D eigenvalue weighted by atomic mass is 10.2. The molecule has 1 amide bonds. The lowest BCUT2D eigenvalue weighted by molar-refractivity contribution is 0.0490. The number of nitrogens with zero attached hydrogens (tertiary/aromatic N) is 3. The van der Waals surface area contributed by atoms with Gasteiger partial charge in [0.2, 0.25) is 0 Å². The Morgan fingerprint density at radius 1 is 1.15 bits per heavy atom. The molecule has 0 saturated heterocycles. The first-order valence-electron chi connectivity index (χ1n) is 11.7. The van der Waals surface area contributed by atoms with Crippen molar-refractivity contribution in [3.05, 3.63) is 36.3 Å². The molecule has 0 radical (unpaired) electrons. The number of carbonyl (C=O) groups is 1. The molecule has 3 rings (SSSR count). The number of amides is 1. The molecular weight excluding hydrogens is 468 g/mol. The average molecular weight is 505 g/mol. The molecule has 0 aliphatic rings. The summed E-state index contributed by atoms with van der Waals surface area (Å²) in [7, 11) is -2.14. The number of alkyl halides is 1. The Morgan fingerprint density at radius 3 is 2.44 bits per heavy atom. The maximum atomic E-state index is 12.4. The van der Waals surface area contributed by atoms with Crippen molar-refractivity contribution in [2.45, 2.75) is 83.8 Å². The summed E-state index contributed by atoms with van der Waals surface area (Å²) in [5, 5.41) is 3.93. The van der Waals surface area contributed by atoms with Crippen molar-refractivity contribution in [3.63, 3.8) is 0 Å². The van der Waals surface area contributed by atoms with Gasteiger partial charge in [0, 0.05) is 11.9 Å². The molecule has 0 spiro atoms. The number of hydrogen-bond acceptors (Lipinski definition) is 5. The van der Waals surface area contributed by atoms with E-state index in [4.69, 9.17) is 25.7 Å². The van der Waals surface area contributed by atoms with Gasteiger partial charge in [-0.3, -0.25) is 4.98 Å². The zero-order chi connectivity index (χ0) is 25.3. The molecule has 3 aromatic rings. The van der Waals surface area contributed by atoms with Gasteiger partial charge in [0.1, 0.15) is 16.9 Å². The number of imidazole rings is 1. The van der Waals surface area contributed by atoms with Gasteiger partial charge in [-0.15, -0.1) is 11.6 Å². The number of benzene rings is 1. The van der Waals surface area contributed by atoms with Gasteiger partial charge in [-0.2, -0.15) is 0 Å². The number of para-hydroxylation sites is 1. The van der Waals surface area contributed by atoms with Crippen molar-refractivity contribution in [2.75, 3.05) is 6.54 Å². The Bertz CT molecular complexity index is 1160. The van der Waals surface area contributed by atoms with E-state index in [1.165, 1.54) is 0 Å². The normalized spacial score (nSPS) is 13.9. The number of nitrogens with one attached hydrogen (secondary N) is 1. The summed E-state index contributed by atoms with van der Waals surface area (Å²) in [5.74, 6) is 1.01. The number of rotatable bonds is 7. The number of aromatic nitrogens is 3. The van der Waals surface area contributed by atoms with Crippen LogP contribution in [0.25, 0.3) is 21.9 Å². The molecule has 1 N–H and O–H groups in total. The molecule has 0 fully saturated rings. The van der Waals surface area contributed by atoms with E-state index >= 15 is 0 Å². The van der Waals surface area contributed by atoms with Crippen molar-refractivity contribution >= 4 is 47.9 Å². The van der Waals surface area contributed by atoms with E-state index in [1.54, 1.807) is 6.20 Å². The van der Waals surface area contributed by atoms with Gasteiger partial charge in [0.15, 0.2) is 8.32 Å². The van der Waals surface area contributed by atoms with Crippen LogP contribution in [0.4, 0.5) is 4.79 Å². The number of halogens is 1. The van der Waals surface area contributed by atoms with Gasteiger partial charge in [-0.25, -0.2) is 9.78 Å². The first-order chi connectivity index (χ1) is 15.7. The summed E-state index contributed by atoms with van der Waals surface area (Å²) >= 11 is 6.32. The second kappa shape index (κ2) is 9.83. The van der Waals surface area contributed by atoms with Gasteiger partial charge in [-0.05, 0) is 45.0 Å². The summed E-state index contributed by atoms with van der Waals surface area (Å²) < 4.78 is 14.3. The minimum Gasteiger partial charge on any atom is -0.444 e. The van der Waals surface area contributed by atoms with Crippen molar-refractivity contribution in [3.8, 4) is 0 Å². The van der Waals surface area contributed by atoms with Crippen molar-refractivity contribution in [2.24, 2.45) is 0 Å². The molecule has 2 heterocycles. The van der Waals surface area contributed by atoms with Crippen molar-refractivity contribution in [1.82, 2.24) is 19.9 Å². The van der Waals surface area contributed by atoms with Crippen LogP contribution in [0.1, 0.15) is 47.4 Å². The summed E-state index contributed by atoms with van der Waals surface area (Å²) in [6.45, 7) is 17.4. The second-order valence-electron chi connectivity index (χ2n) is 11.2. The maximum Gasteiger partial charge on any atom is 0.407 e. The fourth-order valence-corrected chi connectivity index (χ4v) is 5.11. The smallest absolute Gasteiger partial charge is 0.407 e. The highest BCUT2D eigenvalue weighted by atomic mass is 35.5. The quantitative estimate of drug-likeness (QED) is 0.304. The predicted molar refractivity (Wildman–Crippen MR) is 141 cm³/mol. The van der Waals surface area contributed by atoms with Crippen LogP contribution in [-0.4, -0.2) is 47.2 Å². The maximum absolute atomic E-state index is 12.4. The van der Waals surface area contributed by atoms with Crippen LogP contribution in [-0.2, 0) is 21.6 Å². The standard InChI is InChI=1S/C25H37ClN4O3Si/c1-24(2,3)32-23(31)28-14-17(33-34(7,8)25(4,5)6)16-30-21(13-26)29-20-15-27-19-12-10-9-11-18(19)22(20)30/h9-12,15,17H,13-14,16H2,1-8H3,(H,28,31). The first kappa shape index (κ1) is 26.4. The second-order valence-corrected chi connectivity index (χ2v) is 16.2. The molecule has 0 bridgehead atoms. The van der Waals surface area contributed by atoms with E-state index in [9.17, 15) is 4.79 Å². The lowest BCUT2D eigenvalue weighted by Gasteiger charge is -2.39. The monoisotopic (exact) mass is 504 g/mol.